The van der Waals surface area contributed by atoms with Crippen LogP contribution in [0, 0.1) is 0 Å². The molecule has 0 heterocycles. The van der Waals surface area contributed by atoms with E-state index in [1.807, 2.05) is 21.1 Å². The lowest BCUT2D eigenvalue weighted by atomic mass is 10.0. The van der Waals surface area contributed by atoms with Crippen molar-refractivity contribution in [3.63, 3.8) is 0 Å². The highest BCUT2D eigenvalue weighted by molar-refractivity contribution is 7.45. The molecule has 0 saturated carbocycles. The first-order valence-corrected chi connectivity index (χ1v) is 35.1. The molecule has 0 rings (SSSR count). The van der Waals surface area contributed by atoms with Gasteiger partial charge in [0.25, 0.3) is 7.82 Å². The van der Waals surface area contributed by atoms with E-state index in [1.54, 1.807) is 0 Å². The van der Waals surface area contributed by atoms with Gasteiger partial charge in [-0.25, -0.2) is 0 Å². The van der Waals surface area contributed by atoms with E-state index in [-0.39, 0.29) is 19.1 Å². The van der Waals surface area contributed by atoms with Gasteiger partial charge in [-0.05, 0) is 57.8 Å². The van der Waals surface area contributed by atoms with Crippen LogP contribution in [0.2, 0.25) is 0 Å². The van der Waals surface area contributed by atoms with Gasteiger partial charge in [0.15, 0.2) is 0 Å². The number of carbonyl (C=O) groups is 1. The van der Waals surface area contributed by atoms with Crippen molar-refractivity contribution in [3.05, 3.63) is 60.8 Å². The maximum atomic E-state index is 13.0. The van der Waals surface area contributed by atoms with Crippen LogP contribution in [-0.2, 0) is 18.4 Å². The fourth-order valence-corrected chi connectivity index (χ4v) is 10.8. The summed E-state index contributed by atoms with van der Waals surface area (Å²) < 4.78 is 23.5. The molecule has 0 aromatic carbocycles. The number of unbranched alkanes of at least 4 members (excludes halogenated alkanes) is 39. The Balaban J connectivity index is 3.86. The average Bonchev–Trinajstić information content (AvgIpc) is 3.41. The number of hydrogen-bond acceptors (Lipinski definition) is 6. The molecule has 3 unspecified atom stereocenters. The summed E-state index contributed by atoms with van der Waals surface area (Å²) in [5.41, 5.74) is 0. The van der Waals surface area contributed by atoms with E-state index in [4.69, 9.17) is 9.05 Å². The fraction of sp³-hybridized carbons (Fsp3) is 0.841. The lowest BCUT2D eigenvalue weighted by Crippen LogP contribution is -2.46. The van der Waals surface area contributed by atoms with E-state index < -0.39 is 20.0 Å². The Kier molecular flexibility index (Phi) is 58.4. The molecule has 1 amide bonds. The average molecular weight is 1120 g/mol. The van der Waals surface area contributed by atoms with Crippen LogP contribution in [0.25, 0.3) is 0 Å². The van der Waals surface area contributed by atoms with Gasteiger partial charge in [-0.15, -0.1) is 0 Å². The highest BCUT2D eigenvalue weighted by Crippen LogP contribution is 2.38. The molecular weight excluding hydrogens is 984 g/mol. The fourth-order valence-electron chi connectivity index (χ4n) is 10.1. The standard InChI is InChI=1S/C69H131N2O6P/c1-6-8-10-12-14-16-18-20-22-23-24-25-26-27-28-29-30-31-32-33-34-35-36-37-38-39-40-41-42-43-44-45-46-47-49-51-53-55-57-59-61-63-69(73)70-67(66-77-78(74,75)76-65-64-71(3,4)5)68(72)62-60-58-56-54-52-50-48-21-19-17-15-13-11-9-7-2/h8,10,14,16,20,22,24-25,27-28,67-68,72H,6-7,9,11-13,15,17-19,21,23,26,29-66H2,1-5H3,(H-,70,73,74,75)/b10-8-,16-14-,22-20-,25-24-,28-27-. The van der Waals surface area contributed by atoms with Crippen LogP contribution < -0.4 is 10.2 Å². The van der Waals surface area contributed by atoms with E-state index in [0.29, 0.717) is 23.9 Å². The number of quaternary nitrogens is 1. The van der Waals surface area contributed by atoms with Crippen LogP contribution in [0.15, 0.2) is 60.8 Å². The smallest absolute Gasteiger partial charge is 0.268 e. The van der Waals surface area contributed by atoms with E-state index in [9.17, 15) is 19.4 Å². The van der Waals surface area contributed by atoms with Gasteiger partial charge in [-0.3, -0.25) is 9.36 Å². The summed E-state index contributed by atoms with van der Waals surface area (Å²) in [7, 11) is 1.32. The first kappa shape index (κ1) is 76.2. The van der Waals surface area contributed by atoms with Crippen molar-refractivity contribution in [1.29, 1.82) is 0 Å². The Morgan fingerprint density at radius 1 is 0.462 bits per heavy atom. The normalized spacial score (nSPS) is 14.1. The number of likely N-dealkylation sites (N-methyl/N-ethyl adjacent to an activating group) is 1. The molecule has 0 radical (unpaired) electrons. The SMILES string of the molecule is CC/C=C\C/C=C\C/C=C\C/C=C\C/C=C\CCCCCCCCCCCCCCCCCCCCCCCCCCCC(=O)NC(COP(=O)([O-])OCC[N+](C)(C)C)C(O)CCCCCCCCCCCCCCCCC. The second-order valence-corrected chi connectivity index (χ2v) is 25.6. The van der Waals surface area contributed by atoms with Gasteiger partial charge in [0, 0.05) is 6.42 Å². The first-order chi connectivity index (χ1) is 38.0. The van der Waals surface area contributed by atoms with Crippen LogP contribution in [0.3, 0.4) is 0 Å². The summed E-state index contributed by atoms with van der Waals surface area (Å²) in [4.78, 5) is 25.6. The molecule has 8 nitrogen and oxygen atoms in total. The van der Waals surface area contributed by atoms with Gasteiger partial charge >= 0.3 is 0 Å². The van der Waals surface area contributed by atoms with Crippen molar-refractivity contribution in [1.82, 2.24) is 5.32 Å². The second-order valence-electron chi connectivity index (χ2n) is 24.2. The van der Waals surface area contributed by atoms with Gasteiger partial charge < -0.3 is 28.8 Å². The molecule has 0 aliphatic carbocycles. The van der Waals surface area contributed by atoms with Gasteiger partial charge in [0.2, 0.25) is 5.91 Å². The van der Waals surface area contributed by atoms with Crippen LogP contribution in [0.4, 0.5) is 0 Å². The number of carbonyl (C=O) groups excluding carboxylic acids is 1. The van der Waals surface area contributed by atoms with Crippen molar-refractivity contribution >= 4 is 13.7 Å². The molecule has 0 aliphatic heterocycles. The van der Waals surface area contributed by atoms with E-state index >= 15 is 0 Å². The molecule has 2 N–H and O–H groups in total. The number of amides is 1. The predicted molar refractivity (Wildman–Crippen MR) is 339 cm³/mol. The molecule has 0 saturated heterocycles. The minimum atomic E-state index is -4.57. The third-order valence-corrected chi connectivity index (χ3v) is 16.2. The molecule has 0 aromatic heterocycles. The predicted octanol–water partition coefficient (Wildman–Crippen LogP) is 20.6. The molecule has 78 heavy (non-hydrogen) atoms. The summed E-state index contributed by atoms with van der Waals surface area (Å²) in [6, 6.07) is -0.799. The highest BCUT2D eigenvalue weighted by Gasteiger charge is 2.24. The molecule has 0 bridgehead atoms. The van der Waals surface area contributed by atoms with Crippen LogP contribution in [0.1, 0.15) is 322 Å². The number of phosphoric ester groups is 1. The molecule has 0 spiro atoms. The second kappa shape index (κ2) is 59.8. The molecule has 0 fully saturated rings. The number of allylic oxidation sites excluding steroid dienone is 10. The molecule has 458 valence electrons. The van der Waals surface area contributed by atoms with Crippen LogP contribution in [0.5, 0.6) is 0 Å². The number of rotatable bonds is 62. The van der Waals surface area contributed by atoms with Crippen molar-refractivity contribution in [2.45, 2.75) is 334 Å². The minimum Gasteiger partial charge on any atom is -0.756 e. The lowest BCUT2D eigenvalue weighted by Gasteiger charge is -2.30. The summed E-state index contributed by atoms with van der Waals surface area (Å²) >= 11 is 0. The van der Waals surface area contributed by atoms with Crippen LogP contribution in [-0.4, -0.2) is 68.5 Å². The van der Waals surface area contributed by atoms with E-state index in [2.05, 4.69) is 79.9 Å². The van der Waals surface area contributed by atoms with Gasteiger partial charge in [-0.2, -0.15) is 0 Å². The molecule has 0 aliphatic rings. The third-order valence-electron chi connectivity index (χ3n) is 15.3. The Labute approximate surface area is 485 Å². The Hall–Kier alpha value is -1.80. The summed E-state index contributed by atoms with van der Waals surface area (Å²) in [6.45, 7) is 4.64. The molecule has 3 atom stereocenters. The van der Waals surface area contributed by atoms with Gasteiger partial charge in [0.05, 0.1) is 39.9 Å². The summed E-state index contributed by atoms with van der Waals surface area (Å²) in [5.74, 6) is -0.159. The number of hydrogen-bond donors (Lipinski definition) is 2. The minimum absolute atomic E-state index is 0.0138. The topological polar surface area (TPSA) is 108 Å². The molecular formula is C69H131N2O6P. The lowest BCUT2D eigenvalue weighted by molar-refractivity contribution is -0.870. The number of aliphatic hydroxyl groups is 1. The van der Waals surface area contributed by atoms with Crippen molar-refractivity contribution in [2.75, 3.05) is 40.9 Å². The number of phosphoric acid groups is 1. The number of aliphatic hydroxyl groups excluding tert-OH is 1. The zero-order valence-electron chi connectivity index (χ0n) is 52.4. The van der Waals surface area contributed by atoms with E-state index in [0.717, 1.165) is 70.6 Å². The first-order valence-electron chi connectivity index (χ1n) is 33.6. The van der Waals surface area contributed by atoms with E-state index in [1.165, 1.54) is 225 Å². The van der Waals surface area contributed by atoms with Crippen molar-refractivity contribution in [2.24, 2.45) is 0 Å². The molecule has 9 heteroatoms. The Morgan fingerprint density at radius 2 is 0.782 bits per heavy atom. The maximum absolute atomic E-state index is 13.0. The number of nitrogens with one attached hydrogen (secondary N) is 1. The Bertz CT molecular complexity index is 1450. The van der Waals surface area contributed by atoms with Crippen LogP contribution >= 0.6 is 7.82 Å². The number of nitrogens with zero attached hydrogens (tertiary/aromatic N) is 1. The third kappa shape index (κ3) is 61.8. The quantitative estimate of drug-likeness (QED) is 0.0272. The molecule has 0 aromatic rings. The van der Waals surface area contributed by atoms with Crippen molar-refractivity contribution in [3.8, 4) is 0 Å². The van der Waals surface area contributed by atoms with Gasteiger partial charge in [0.1, 0.15) is 13.2 Å². The summed E-state index contributed by atoms with van der Waals surface area (Å²) in [6.07, 6.45) is 81.6. The zero-order chi connectivity index (χ0) is 57.0. The maximum Gasteiger partial charge on any atom is 0.268 e. The van der Waals surface area contributed by atoms with Crippen molar-refractivity contribution < 1.29 is 32.9 Å². The highest BCUT2D eigenvalue weighted by atomic mass is 31.2. The largest absolute Gasteiger partial charge is 0.756 e. The monoisotopic (exact) mass is 1110 g/mol. The Morgan fingerprint density at radius 3 is 1.14 bits per heavy atom. The van der Waals surface area contributed by atoms with Gasteiger partial charge in [-0.1, -0.05) is 319 Å². The summed E-state index contributed by atoms with van der Waals surface area (Å²) in [5, 5.41) is 14.0. The zero-order valence-corrected chi connectivity index (χ0v) is 53.3.